The average Bonchev–Trinajstić information content (AvgIpc) is 3.13. The molecular weight excluding hydrogens is 428 g/mol. The first-order valence-corrected chi connectivity index (χ1v) is 10.3. The third kappa shape index (κ3) is 7.20. The highest BCUT2D eigenvalue weighted by atomic mass is 19.4. The van der Waals surface area contributed by atoms with Crippen LogP contribution in [0.5, 0.6) is 0 Å². The number of hydrogen-bond donors (Lipinski definition) is 1. The van der Waals surface area contributed by atoms with E-state index in [1.54, 1.807) is 19.1 Å². The lowest BCUT2D eigenvalue weighted by Gasteiger charge is -2.26. The van der Waals surface area contributed by atoms with Crippen LogP contribution in [0, 0.1) is 18.7 Å². The monoisotopic (exact) mass is 456 g/mol. The number of aryl methyl sites for hydroxylation is 1. The van der Waals surface area contributed by atoms with Crippen LogP contribution >= 0.6 is 0 Å². The molecule has 2 rings (SSSR count). The summed E-state index contributed by atoms with van der Waals surface area (Å²) in [6, 6.07) is 7.10. The van der Waals surface area contributed by atoms with Crippen LogP contribution in [-0.4, -0.2) is 28.3 Å². The first kappa shape index (κ1) is 25.6. The van der Waals surface area contributed by atoms with Crippen LogP contribution in [0.4, 0.5) is 17.6 Å². The molecule has 1 aromatic heterocycles. The molecule has 1 heterocycles. The Morgan fingerprint density at radius 3 is 2.59 bits per heavy atom. The second kappa shape index (κ2) is 11.3. The predicted octanol–water partition coefficient (Wildman–Crippen LogP) is 6.22. The van der Waals surface area contributed by atoms with Gasteiger partial charge in [-0.2, -0.15) is 13.2 Å². The van der Waals surface area contributed by atoms with Gasteiger partial charge in [-0.1, -0.05) is 30.3 Å². The molecule has 176 valence electrons. The lowest BCUT2D eigenvalue weighted by atomic mass is 9.95. The highest BCUT2D eigenvalue weighted by molar-refractivity contribution is 5.66. The highest BCUT2D eigenvalue weighted by Crippen LogP contribution is 2.37. The lowest BCUT2D eigenvalue weighted by Crippen LogP contribution is -2.39. The van der Waals surface area contributed by atoms with Gasteiger partial charge in [0, 0.05) is 12.1 Å². The lowest BCUT2D eigenvalue weighted by molar-refractivity contribution is -0.236. The van der Waals surface area contributed by atoms with E-state index in [4.69, 9.17) is 4.42 Å². The van der Waals surface area contributed by atoms with Gasteiger partial charge >= 0.3 is 6.18 Å². The summed E-state index contributed by atoms with van der Waals surface area (Å²) in [6.07, 6.45) is -0.560. The van der Waals surface area contributed by atoms with E-state index in [0.29, 0.717) is 36.8 Å². The number of alkyl halides is 3. The average molecular weight is 456 g/mol. The van der Waals surface area contributed by atoms with E-state index >= 15 is 0 Å². The van der Waals surface area contributed by atoms with Gasteiger partial charge in [-0.05, 0) is 68.4 Å². The van der Waals surface area contributed by atoms with Crippen LogP contribution in [0.2, 0.25) is 0 Å². The largest absolute Gasteiger partial charge is 0.456 e. The van der Waals surface area contributed by atoms with Crippen LogP contribution in [0.25, 0.3) is 5.57 Å². The second-order valence-corrected chi connectivity index (χ2v) is 7.69. The molecule has 0 bridgehead atoms. The molecular formula is C23H28F4N2O3. The quantitative estimate of drug-likeness (QED) is 0.248. The van der Waals surface area contributed by atoms with Gasteiger partial charge in [0.05, 0.1) is 6.54 Å². The minimum Gasteiger partial charge on any atom is -0.456 e. The number of allylic oxidation sites excluding steroid dienone is 2. The minimum absolute atomic E-state index is 0.00797. The third-order valence-corrected chi connectivity index (χ3v) is 5.13. The van der Waals surface area contributed by atoms with Gasteiger partial charge in [0.1, 0.15) is 11.6 Å². The number of hydrazine groups is 1. The van der Waals surface area contributed by atoms with E-state index < -0.39 is 17.8 Å². The molecule has 0 spiro atoms. The van der Waals surface area contributed by atoms with Crippen LogP contribution < -0.4 is 0 Å². The van der Waals surface area contributed by atoms with Crippen molar-refractivity contribution >= 4 is 12.0 Å². The Bertz CT molecular complexity index is 924. The van der Waals surface area contributed by atoms with Gasteiger partial charge < -0.3 is 4.42 Å². The van der Waals surface area contributed by atoms with Crippen molar-refractivity contribution < 1.29 is 32.0 Å². The van der Waals surface area contributed by atoms with Crippen molar-refractivity contribution in [3.05, 3.63) is 64.9 Å². The molecule has 0 unspecified atom stereocenters. The summed E-state index contributed by atoms with van der Waals surface area (Å²) in [6.45, 7) is 5.16. The molecule has 5 nitrogen and oxygen atoms in total. The molecule has 2 aromatic rings. The van der Waals surface area contributed by atoms with Gasteiger partial charge in [0.2, 0.25) is 12.2 Å². The van der Waals surface area contributed by atoms with Crippen molar-refractivity contribution in [2.24, 2.45) is 5.92 Å². The Balaban J connectivity index is 1.97. The Morgan fingerprint density at radius 2 is 2.00 bits per heavy atom. The normalized spacial score (nSPS) is 13.5. The molecule has 0 saturated heterocycles. The highest BCUT2D eigenvalue weighted by Gasteiger charge is 2.38. The van der Waals surface area contributed by atoms with Crippen LogP contribution in [-0.2, 0) is 17.5 Å². The summed E-state index contributed by atoms with van der Waals surface area (Å²) in [7, 11) is 0. The molecule has 1 N–H and O–H groups in total. The van der Waals surface area contributed by atoms with Crippen molar-refractivity contribution in [1.82, 2.24) is 10.2 Å². The number of rotatable bonds is 11. The Hall–Kier alpha value is -2.65. The minimum atomic E-state index is -4.57. The summed E-state index contributed by atoms with van der Waals surface area (Å²) in [5.74, 6) is -1.27. The zero-order chi connectivity index (χ0) is 23.9. The molecule has 0 fully saturated rings. The van der Waals surface area contributed by atoms with E-state index in [2.05, 4.69) is 0 Å². The SMILES string of the molecule is CC[C@H](/C=C(\C)c1cc(C)oc1C(F)(F)F)CCCN(O)N(C=O)Cc1cccc(F)c1. The zero-order valence-corrected chi connectivity index (χ0v) is 18.3. The molecule has 9 heteroatoms. The number of hydroxylamine groups is 1. The maximum absolute atomic E-state index is 13.3. The second-order valence-electron chi connectivity index (χ2n) is 7.69. The summed E-state index contributed by atoms with van der Waals surface area (Å²) in [5, 5.41) is 12.0. The van der Waals surface area contributed by atoms with E-state index in [1.807, 2.05) is 6.92 Å². The number of halogens is 4. The van der Waals surface area contributed by atoms with Gasteiger partial charge in [0.15, 0.2) is 0 Å². The number of benzene rings is 1. The fraction of sp³-hybridized carbons (Fsp3) is 0.435. The number of hydrogen-bond acceptors (Lipinski definition) is 4. The molecule has 0 radical (unpaired) electrons. The molecule has 0 aliphatic heterocycles. The number of furan rings is 1. The van der Waals surface area contributed by atoms with Crippen molar-refractivity contribution in [3.63, 3.8) is 0 Å². The number of nitrogens with zero attached hydrogens (tertiary/aromatic N) is 2. The summed E-state index contributed by atoms with van der Waals surface area (Å²) < 4.78 is 57.8. The molecule has 1 atom stereocenters. The van der Waals surface area contributed by atoms with Gasteiger partial charge in [-0.25, -0.2) is 4.39 Å². The third-order valence-electron chi connectivity index (χ3n) is 5.13. The Morgan fingerprint density at radius 1 is 1.28 bits per heavy atom. The molecule has 1 amide bonds. The Kier molecular flexibility index (Phi) is 9.03. The zero-order valence-electron chi connectivity index (χ0n) is 18.3. The van der Waals surface area contributed by atoms with Crippen molar-refractivity contribution in [2.45, 2.75) is 52.8 Å². The molecule has 1 aromatic carbocycles. The number of carbonyl (C=O) groups excluding carboxylic acids is 1. The topological polar surface area (TPSA) is 56.9 Å². The van der Waals surface area contributed by atoms with E-state index in [-0.39, 0.29) is 30.3 Å². The van der Waals surface area contributed by atoms with Gasteiger partial charge in [0.25, 0.3) is 0 Å². The maximum Gasteiger partial charge on any atom is 0.450 e. The first-order valence-electron chi connectivity index (χ1n) is 10.3. The first-order chi connectivity index (χ1) is 15.0. The maximum atomic E-state index is 13.3. The molecule has 0 aliphatic rings. The van der Waals surface area contributed by atoms with Crippen molar-refractivity contribution in [3.8, 4) is 0 Å². The fourth-order valence-electron chi connectivity index (χ4n) is 3.49. The molecule has 0 aliphatic carbocycles. The number of carbonyl (C=O) groups is 1. The standard InChI is InChI=1S/C23H28F4N2O3/c1-4-18(11-16(2)21-12-17(3)32-22(21)23(25,26)27)8-6-10-29(31)28(15-30)14-19-7-5-9-20(24)13-19/h5,7,9,11-13,15,18,31H,4,6,8,10,14H2,1-3H3/b16-11+/t18-/m0/s1. The van der Waals surface area contributed by atoms with Crippen LogP contribution in [0.1, 0.15) is 55.8 Å². The van der Waals surface area contributed by atoms with Gasteiger partial charge in [-0.3, -0.25) is 15.0 Å². The Labute approximate surface area is 184 Å². The van der Waals surface area contributed by atoms with E-state index in [1.165, 1.54) is 31.2 Å². The van der Waals surface area contributed by atoms with Crippen molar-refractivity contribution in [2.75, 3.05) is 6.54 Å². The van der Waals surface area contributed by atoms with E-state index in [0.717, 1.165) is 10.2 Å². The molecule has 32 heavy (non-hydrogen) atoms. The summed E-state index contributed by atoms with van der Waals surface area (Å²) >= 11 is 0. The van der Waals surface area contributed by atoms with Gasteiger partial charge in [-0.15, -0.1) is 0 Å². The van der Waals surface area contributed by atoms with Crippen LogP contribution in [0.3, 0.4) is 0 Å². The summed E-state index contributed by atoms with van der Waals surface area (Å²) in [5.41, 5.74) is 1.03. The predicted molar refractivity (Wildman–Crippen MR) is 112 cm³/mol. The molecule has 0 saturated carbocycles. The van der Waals surface area contributed by atoms with E-state index in [9.17, 15) is 27.6 Å². The number of amides is 1. The van der Waals surface area contributed by atoms with Crippen molar-refractivity contribution in [1.29, 1.82) is 0 Å². The summed E-state index contributed by atoms with van der Waals surface area (Å²) in [4.78, 5) is 11.3. The smallest absolute Gasteiger partial charge is 0.450 e. The van der Waals surface area contributed by atoms with Crippen LogP contribution in [0.15, 0.2) is 40.8 Å². The fourth-order valence-corrected chi connectivity index (χ4v) is 3.49.